The van der Waals surface area contributed by atoms with Crippen molar-refractivity contribution in [2.24, 2.45) is 5.41 Å². The Bertz CT molecular complexity index is 1270. The molecular weight excluding hydrogens is 404 g/mol. The number of fused-ring (bicyclic) bond motifs is 1. The zero-order valence-corrected chi connectivity index (χ0v) is 17.5. The van der Waals surface area contributed by atoms with Gasteiger partial charge in [0.2, 0.25) is 5.91 Å². The first-order valence-electron chi connectivity index (χ1n) is 9.59. The van der Waals surface area contributed by atoms with Crippen molar-refractivity contribution in [1.82, 2.24) is 9.29 Å². The van der Waals surface area contributed by atoms with Crippen molar-refractivity contribution in [1.29, 1.82) is 0 Å². The average Bonchev–Trinajstić information content (AvgIpc) is 3.36. The molecule has 30 heavy (non-hydrogen) atoms. The SMILES string of the molecule is Cc1ccc(S(=O)(=O)n2c(CNC(=O)C3(C)CC3)cc3cc(C=O)c(O)cc32)cc1. The Kier molecular flexibility index (Phi) is 4.69. The van der Waals surface area contributed by atoms with Gasteiger partial charge in [0.15, 0.2) is 6.29 Å². The van der Waals surface area contributed by atoms with E-state index < -0.39 is 15.4 Å². The van der Waals surface area contributed by atoms with Crippen LogP contribution < -0.4 is 5.32 Å². The topological polar surface area (TPSA) is 105 Å². The summed E-state index contributed by atoms with van der Waals surface area (Å²) in [6.45, 7) is 3.74. The number of rotatable bonds is 6. The van der Waals surface area contributed by atoms with E-state index in [0.29, 0.717) is 17.4 Å². The summed E-state index contributed by atoms with van der Waals surface area (Å²) < 4.78 is 28.0. The van der Waals surface area contributed by atoms with Gasteiger partial charge in [0.1, 0.15) is 5.75 Å². The molecule has 2 N–H and O–H groups in total. The fourth-order valence-electron chi connectivity index (χ4n) is 3.41. The summed E-state index contributed by atoms with van der Waals surface area (Å²) in [7, 11) is -4.01. The summed E-state index contributed by atoms with van der Waals surface area (Å²) in [5, 5.41) is 13.4. The van der Waals surface area contributed by atoms with Gasteiger partial charge in [-0.05, 0) is 44.0 Å². The van der Waals surface area contributed by atoms with Gasteiger partial charge in [-0.1, -0.05) is 24.6 Å². The molecule has 1 aromatic heterocycles. The molecule has 1 aliphatic rings. The van der Waals surface area contributed by atoms with Crippen LogP contribution in [0.2, 0.25) is 0 Å². The molecule has 3 aromatic rings. The molecular formula is C22H22N2O5S. The maximum Gasteiger partial charge on any atom is 0.268 e. The van der Waals surface area contributed by atoms with Gasteiger partial charge in [-0.3, -0.25) is 9.59 Å². The minimum absolute atomic E-state index is 0.00534. The van der Waals surface area contributed by atoms with E-state index >= 15 is 0 Å². The fourth-order valence-corrected chi connectivity index (χ4v) is 4.95. The number of carbonyl (C=O) groups is 2. The molecule has 0 unspecified atom stereocenters. The molecule has 0 bridgehead atoms. The van der Waals surface area contributed by atoms with Crippen molar-refractivity contribution in [3.05, 3.63) is 59.3 Å². The van der Waals surface area contributed by atoms with Gasteiger partial charge >= 0.3 is 0 Å². The molecule has 0 radical (unpaired) electrons. The van der Waals surface area contributed by atoms with Gasteiger partial charge < -0.3 is 10.4 Å². The van der Waals surface area contributed by atoms with E-state index in [0.717, 1.165) is 22.4 Å². The van der Waals surface area contributed by atoms with Gasteiger partial charge in [0, 0.05) is 16.9 Å². The highest BCUT2D eigenvalue weighted by molar-refractivity contribution is 7.90. The molecule has 1 saturated carbocycles. The molecule has 1 amide bonds. The molecule has 0 saturated heterocycles. The third kappa shape index (κ3) is 3.37. The molecule has 1 heterocycles. The van der Waals surface area contributed by atoms with Crippen LogP contribution in [0, 0.1) is 12.3 Å². The number of nitrogens with zero attached hydrogens (tertiary/aromatic N) is 1. The molecule has 156 valence electrons. The Labute approximate surface area is 174 Å². The third-order valence-electron chi connectivity index (χ3n) is 5.64. The van der Waals surface area contributed by atoms with Crippen LogP contribution in [0.5, 0.6) is 5.75 Å². The zero-order valence-electron chi connectivity index (χ0n) is 16.7. The van der Waals surface area contributed by atoms with E-state index in [1.54, 1.807) is 18.2 Å². The predicted octanol–water partition coefficient (Wildman–Crippen LogP) is 3.12. The van der Waals surface area contributed by atoms with Crippen molar-refractivity contribution in [3.63, 3.8) is 0 Å². The molecule has 0 spiro atoms. The Morgan fingerprint density at radius 2 is 1.87 bits per heavy atom. The number of aldehydes is 1. The van der Waals surface area contributed by atoms with Gasteiger partial charge in [-0.2, -0.15) is 0 Å². The predicted molar refractivity (Wildman–Crippen MR) is 112 cm³/mol. The number of hydrogen-bond donors (Lipinski definition) is 2. The molecule has 8 heteroatoms. The van der Waals surface area contributed by atoms with E-state index in [2.05, 4.69) is 5.32 Å². The van der Waals surface area contributed by atoms with Crippen LogP contribution in [-0.2, 0) is 21.4 Å². The maximum absolute atomic E-state index is 13.5. The van der Waals surface area contributed by atoms with Crippen molar-refractivity contribution in [2.45, 2.75) is 38.1 Å². The summed E-state index contributed by atoms with van der Waals surface area (Å²) in [5.74, 6) is -0.430. The summed E-state index contributed by atoms with van der Waals surface area (Å²) in [6.07, 6.45) is 2.12. The monoisotopic (exact) mass is 426 g/mol. The molecule has 7 nitrogen and oxygen atoms in total. The van der Waals surface area contributed by atoms with E-state index in [4.69, 9.17) is 0 Å². The van der Waals surface area contributed by atoms with E-state index in [1.807, 2.05) is 13.8 Å². The highest BCUT2D eigenvalue weighted by Crippen LogP contribution is 2.45. The summed E-state index contributed by atoms with van der Waals surface area (Å²) in [6, 6.07) is 10.8. The first-order chi connectivity index (χ1) is 14.2. The lowest BCUT2D eigenvalue weighted by Gasteiger charge is -2.14. The molecule has 0 aliphatic heterocycles. The zero-order chi connectivity index (χ0) is 21.7. The largest absolute Gasteiger partial charge is 0.507 e. The second-order valence-corrected chi connectivity index (χ2v) is 9.84. The van der Waals surface area contributed by atoms with Crippen LogP contribution >= 0.6 is 0 Å². The lowest BCUT2D eigenvalue weighted by atomic mass is 10.1. The minimum atomic E-state index is -4.01. The summed E-state index contributed by atoms with van der Waals surface area (Å²) in [5.41, 5.74) is 1.17. The Hall–Kier alpha value is -3.13. The van der Waals surface area contributed by atoms with Crippen LogP contribution in [0.4, 0.5) is 0 Å². The number of nitrogens with one attached hydrogen (secondary N) is 1. The van der Waals surface area contributed by atoms with Gasteiger partial charge in [0.25, 0.3) is 10.0 Å². The Morgan fingerprint density at radius 1 is 1.20 bits per heavy atom. The van der Waals surface area contributed by atoms with Crippen LogP contribution in [0.1, 0.15) is 41.4 Å². The highest BCUT2D eigenvalue weighted by Gasteiger charge is 2.44. The summed E-state index contributed by atoms with van der Waals surface area (Å²) >= 11 is 0. The van der Waals surface area contributed by atoms with Crippen molar-refractivity contribution >= 4 is 33.1 Å². The number of benzene rings is 2. The normalized spacial score (nSPS) is 15.1. The number of aromatic nitrogens is 1. The number of hydrogen-bond acceptors (Lipinski definition) is 5. The number of phenolic OH excluding ortho intramolecular Hbond substituents is 1. The van der Waals surface area contributed by atoms with E-state index in [1.165, 1.54) is 24.3 Å². The lowest BCUT2D eigenvalue weighted by Crippen LogP contribution is -2.31. The van der Waals surface area contributed by atoms with Crippen molar-refractivity contribution in [3.8, 4) is 5.75 Å². The second kappa shape index (κ2) is 6.98. The first kappa shape index (κ1) is 20.2. The fraction of sp³-hybridized carbons (Fsp3) is 0.273. The third-order valence-corrected chi connectivity index (χ3v) is 7.42. The van der Waals surface area contributed by atoms with Crippen molar-refractivity contribution < 1.29 is 23.1 Å². The maximum atomic E-state index is 13.5. The molecule has 2 aromatic carbocycles. The average molecular weight is 426 g/mol. The minimum Gasteiger partial charge on any atom is -0.507 e. The molecule has 1 fully saturated rings. The summed E-state index contributed by atoms with van der Waals surface area (Å²) in [4.78, 5) is 23.7. The van der Waals surface area contributed by atoms with Crippen LogP contribution in [0.25, 0.3) is 10.9 Å². The number of amides is 1. The van der Waals surface area contributed by atoms with Gasteiger partial charge in [-0.15, -0.1) is 0 Å². The Balaban J connectivity index is 1.86. The number of phenols is 1. The molecule has 0 atom stereocenters. The standard InChI is InChI=1S/C22H22N2O5S/c1-14-3-5-18(6-4-14)30(28,29)24-17(12-23-21(27)22(2)7-8-22)10-15-9-16(13-25)20(26)11-19(15)24/h3-6,9-11,13,26H,7-8,12H2,1-2H3,(H,23,27). The number of aryl methyl sites for hydroxylation is 1. The van der Waals surface area contributed by atoms with Crippen LogP contribution in [0.15, 0.2) is 47.4 Å². The molecule has 4 rings (SSSR count). The van der Waals surface area contributed by atoms with Crippen LogP contribution in [-0.4, -0.2) is 29.7 Å². The second-order valence-electron chi connectivity index (χ2n) is 8.05. The van der Waals surface area contributed by atoms with Crippen LogP contribution in [0.3, 0.4) is 0 Å². The van der Waals surface area contributed by atoms with Gasteiger partial charge in [-0.25, -0.2) is 12.4 Å². The quantitative estimate of drug-likeness (QED) is 0.589. The first-order valence-corrected chi connectivity index (χ1v) is 11.0. The number of aromatic hydroxyl groups is 1. The van der Waals surface area contributed by atoms with E-state index in [-0.39, 0.29) is 34.2 Å². The lowest BCUT2D eigenvalue weighted by molar-refractivity contribution is -0.125. The Morgan fingerprint density at radius 3 is 2.47 bits per heavy atom. The van der Waals surface area contributed by atoms with E-state index in [9.17, 15) is 23.1 Å². The highest BCUT2D eigenvalue weighted by atomic mass is 32.2. The number of carbonyl (C=O) groups excluding carboxylic acids is 2. The smallest absolute Gasteiger partial charge is 0.268 e. The molecule has 1 aliphatic carbocycles. The van der Waals surface area contributed by atoms with Crippen molar-refractivity contribution in [2.75, 3.05) is 0 Å². The van der Waals surface area contributed by atoms with Gasteiger partial charge in [0.05, 0.1) is 28.2 Å².